The Kier molecular flexibility index (Phi) is 4.53. The maximum atomic E-state index is 13.0. The van der Waals surface area contributed by atoms with Gasteiger partial charge in [0.15, 0.2) is 0 Å². The number of rotatable bonds is 5. The number of carboxylic acids is 1. The van der Waals surface area contributed by atoms with Crippen molar-refractivity contribution in [3.8, 4) is 0 Å². The quantitative estimate of drug-likeness (QED) is 0.804. The lowest BCUT2D eigenvalue weighted by atomic mass is 10.1. The van der Waals surface area contributed by atoms with Gasteiger partial charge in [0.05, 0.1) is 11.3 Å². The second-order valence-electron chi connectivity index (χ2n) is 3.89. The first-order valence-electron chi connectivity index (χ1n) is 5.23. The highest BCUT2D eigenvalue weighted by molar-refractivity contribution is 5.99. The van der Waals surface area contributed by atoms with E-state index in [0.29, 0.717) is 11.0 Å². The molecule has 1 amide bonds. The average Bonchev–Trinajstić information content (AvgIpc) is 2.25. The fourth-order valence-electron chi connectivity index (χ4n) is 1.59. The van der Waals surface area contributed by atoms with Gasteiger partial charge >= 0.3 is 12.1 Å². The third kappa shape index (κ3) is 4.41. The van der Waals surface area contributed by atoms with Gasteiger partial charge in [-0.25, -0.2) is 4.39 Å². The van der Waals surface area contributed by atoms with E-state index >= 15 is 0 Å². The predicted molar refractivity (Wildman–Crippen MR) is 60.8 cm³/mol. The van der Waals surface area contributed by atoms with Gasteiger partial charge in [-0.05, 0) is 18.2 Å². The Bertz CT molecular complexity index is 531. The molecule has 110 valence electrons. The minimum Gasteiger partial charge on any atom is -0.480 e. The topological polar surface area (TPSA) is 83.6 Å². The molecule has 0 aliphatic rings. The zero-order chi connectivity index (χ0) is 15.5. The zero-order valence-corrected chi connectivity index (χ0v) is 9.95. The molecule has 0 aromatic heterocycles. The molecule has 0 heterocycles. The van der Waals surface area contributed by atoms with Gasteiger partial charge in [-0.3, -0.25) is 9.59 Å². The van der Waals surface area contributed by atoms with Gasteiger partial charge < -0.3 is 15.7 Å². The number of benzene rings is 1. The smallest absolute Gasteiger partial charge is 0.405 e. The van der Waals surface area contributed by atoms with Gasteiger partial charge in [-0.2, -0.15) is 13.2 Å². The second kappa shape index (κ2) is 5.76. The summed E-state index contributed by atoms with van der Waals surface area (Å²) in [6.07, 6.45) is -4.70. The number of aliphatic carboxylic acids is 1. The summed E-state index contributed by atoms with van der Waals surface area (Å²) in [4.78, 5) is 22.1. The first kappa shape index (κ1) is 15.7. The van der Waals surface area contributed by atoms with Crippen LogP contribution in [0.5, 0.6) is 0 Å². The Labute approximate surface area is 110 Å². The summed E-state index contributed by atoms with van der Waals surface area (Å²) >= 11 is 0. The van der Waals surface area contributed by atoms with Crippen LogP contribution in [0.2, 0.25) is 0 Å². The summed E-state index contributed by atoms with van der Waals surface area (Å²) in [5.41, 5.74) is 4.05. The summed E-state index contributed by atoms with van der Waals surface area (Å²) in [6, 6.07) is 2.35. The molecule has 3 N–H and O–H groups in total. The standard InChI is InChI=1S/C11H10F4N2O3/c12-6-1-2-8(7(3-6)10(16)20)17(4-9(18)19)5-11(13,14)15/h1-3H,4-5H2,(H2,16,20)(H,18,19). The molecular weight excluding hydrogens is 284 g/mol. The van der Waals surface area contributed by atoms with E-state index in [9.17, 15) is 27.2 Å². The van der Waals surface area contributed by atoms with Gasteiger partial charge in [0.2, 0.25) is 0 Å². The third-order valence-corrected chi connectivity index (χ3v) is 2.26. The SMILES string of the molecule is NC(=O)c1cc(F)ccc1N(CC(=O)O)CC(F)(F)F. The van der Waals surface area contributed by atoms with E-state index in [1.54, 1.807) is 0 Å². The highest BCUT2D eigenvalue weighted by Gasteiger charge is 2.33. The van der Waals surface area contributed by atoms with Gasteiger partial charge in [0.25, 0.3) is 5.91 Å². The molecule has 0 saturated heterocycles. The molecule has 0 bridgehead atoms. The molecule has 0 aliphatic carbocycles. The van der Waals surface area contributed by atoms with Crippen LogP contribution in [0.3, 0.4) is 0 Å². The lowest BCUT2D eigenvalue weighted by molar-refractivity contribution is -0.136. The average molecular weight is 294 g/mol. The number of hydrogen-bond acceptors (Lipinski definition) is 3. The molecule has 0 saturated carbocycles. The minimum absolute atomic E-state index is 0.390. The number of anilines is 1. The monoisotopic (exact) mass is 294 g/mol. The van der Waals surface area contributed by atoms with Crippen LogP contribution in [-0.4, -0.2) is 36.2 Å². The fraction of sp³-hybridized carbons (Fsp3) is 0.273. The molecule has 0 fully saturated rings. The van der Waals surface area contributed by atoms with Crippen molar-refractivity contribution < 1.29 is 32.3 Å². The van der Waals surface area contributed by atoms with Crippen molar-refractivity contribution in [1.82, 2.24) is 0 Å². The van der Waals surface area contributed by atoms with E-state index in [2.05, 4.69) is 0 Å². The molecule has 0 aliphatic heterocycles. The number of carbonyl (C=O) groups excluding carboxylic acids is 1. The van der Waals surface area contributed by atoms with Gasteiger partial charge in [-0.15, -0.1) is 0 Å². The van der Waals surface area contributed by atoms with Crippen molar-refractivity contribution in [1.29, 1.82) is 0 Å². The van der Waals surface area contributed by atoms with Crippen LogP contribution in [-0.2, 0) is 4.79 Å². The highest BCUT2D eigenvalue weighted by Crippen LogP contribution is 2.25. The molecule has 0 atom stereocenters. The van der Waals surface area contributed by atoms with E-state index in [1.165, 1.54) is 0 Å². The van der Waals surface area contributed by atoms with Gasteiger partial charge in [0, 0.05) is 0 Å². The van der Waals surface area contributed by atoms with Crippen molar-refractivity contribution in [2.24, 2.45) is 5.73 Å². The van der Waals surface area contributed by atoms with Crippen molar-refractivity contribution in [2.45, 2.75) is 6.18 Å². The number of nitrogens with two attached hydrogens (primary N) is 1. The number of alkyl halides is 3. The molecule has 0 spiro atoms. The molecule has 1 aromatic rings. The lowest BCUT2D eigenvalue weighted by Gasteiger charge is -2.25. The highest BCUT2D eigenvalue weighted by atomic mass is 19.4. The molecule has 5 nitrogen and oxygen atoms in total. The number of hydrogen-bond donors (Lipinski definition) is 2. The molecule has 9 heteroatoms. The van der Waals surface area contributed by atoms with E-state index in [1.807, 2.05) is 0 Å². The number of carbonyl (C=O) groups is 2. The van der Waals surface area contributed by atoms with Crippen LogP contribution >= 0.6 is 0 Å². The van der Waals surface area contributed by atoms with Crippen LogP contribution in [0.4, 0.5) is 23.2 Å². The van der Waals surface area contributed by atoms with Crippen molar-refractivity contribution in [3.05, 3.63) is 29.6 Å². The Morgan fingerprint density at radius 1 is 1.30 bits per heavy atom. The third-order valence-electron chi connectivity index (χ3n) is 2.26. The zero-order valence-electron chi connectivity index (χ0n) is 9.95. The fourth-order valence-corrected chi connectivity index (χ4v) is 1.59. The van der Waals surface area contributed by atoms with Gasteiger partial charge in [-0.1, -0.05) is 0 Å². The Balaban J connectivity index is 3.25. The summed E-state index contributed by atoms with van der Waals surface area (Å²) in [5.74, 6) is -3.56. The Morgan fingerprint density at radius 2 is 1.90 bits per heavy atom. The lowest BCUT2D eigenvalue weighted by Crippen LogP contribution is -2.39. The maximum absolute atomic E-state index is 13.0. The van der Waals surface area contributed by atoms with E-state index in [-0.39, 0.29) is 0 Å². The minimum atomic E-state index is -4.70. The Hall–Kier alpha value is -2.32. The first-order valence-corrected chi connectivity index (χ1v) is 5.23. The number of nitrogens with zero attached hydrogens (tertiary/aromatic N) is 1. The molecule has 20 heavy (non-hydrogen) atoms. The van der Waals surface area contributed by atoms with E-state index in [0.717, 1.165) is 12.1 Å². The van der Waals surface area contributed by atoms with Crippen molar-refractivity contribution in [3.63, 3.8) is 0 Å². The van der Waals surface area contributed by atoms with Crippen LogP contribution in [0.25, 0.3) is 0 Å². The number of primary amides is 1. The van der Waals surface area contributed by atoms with Crippen LogP contribution in [0.15, 0.2) is 18.2 Å². The van der Waals surface area contributed by atoms with Crippen molar-refractivity contribution in [2.75, 3.05) is 18.0 Å². The molecule has 1 aromatic carbocycles. The van der Waals surface area contributed by atoms with Crippen LogP contribution < -0.4 is 10.6 Å². The first-order chi connectivity index (χ1) is 9.10. The maximum Gasteiger partial charge on any atom is 0.405 e. The molecule has 1 rings (SSSR count). The molecule has 0 radical (unpaired) electrons. The summed E-state index contributed by atoms with van der Waals surface area (Å²) in [7, 11) is 0. The normalized spacial score (nSPS) is 11.2. The summed E-state index contributed by atoms with van der Waals surface area (Å²) < 4.78 is 50.3. The largest absolute Gasteiger partial charge is 0.480 e. The molecular formula is C11H10F4N2O3. The summed E-state index contributed by atoms with van der Waals surface area (Å²) in [5, 5.41) is 8.63. The van der Waals surface area contributed by atoms with Gasteiger partial charge in [0.1, 0.15) is 18.9 Å². The second-order valence-corrected chi connectivity index (χ2v) is 3.89. The summed E-state index contributed by atoms with van der Waals surface area (Å²) in [6.45, 7) is -2.61. The van der Waals surface area contributed by atoms with Crippen LogP contribution in [0.1, 0.15) is 10.4 Å². The Morgan fingerprint density at radius 3 is 2.35 bits per heavy atom. The number of halogens is 4. The van der Waals surface area contributed by atoms with Crippen LogP contribution in [0, 0.1) is 5.82 Å². The van der Waals surface area contributed by atoms with E-state index in [4.69, 9.17) is 10.8 Å². The molecule has 0 unspecified atom stereocenters. The number of amides is 1. The predicted octanol–water partition coefficient (Wildman–Crippen LogP) is 1.38. The number of carboxylic acid groups (broad SMARTS) is 1. The van der Waals surface area contributed by atoms with Crippen molar-refractivity contribution >= 4 is 17.6 Å². The van der Waals surface area contributed by atoms with E-state index < -0.39 is 48.2 Å².